The van der Waals surface area contributed by atoms with Gasteiger partial charge < -0.3 is 25.3 Å². The molecule has 1 aromatic heterocycles. The quantitative estimate of drug-likeness (QED) is 0.799. The predicted molar refractivity (Wildman–Crippen MR) is 79.4 cm³/mol. The molecule has 7 heteroatoms. The van der Waals surface area contributed by atoms with E-state index in [0.717, 1.165) is 11.4 Å². The Balaban J connectivity index is 2.17. The molecule has 0 saturated heterocycles. The van der Waals surface area contributed by atoms with Crippen molar-refractivity contribution in [2.24, 2.45) is 5.73 Å². The van der Waals surface area contributed by atoms with Crippen LogP contribution >= 0.6 is 0 Å². The Morgan fingerprint density at radius 1 is 1.10 bits per heavy atom. The Morgan fingerprint density at radius 3 is 2.43 bits per heavy atom. The van der Waals surface area contributed by atoms with Crippen LogP contribution in [-0.4, -0.2) is 37.3 Å². The number of rotatable bonds is 7. The lowest BCUT2D eigenvalue weighted by atomic mass is 10.3. The Labute approximate surface area is 123 Å². The maximum absolute atomic E-state index is 5.47. The van der Waals surface area contributed by atoms with Gasteiger partial charge in [-0.2, -0.15) is 9.97 Å². The van der Waals surface area contributed by atoms with Gasteiger partial charge in [0.2, 0.25) is 17.7 Å². The second-order valence-corrected chi connectivity index (χ2v) is 4.07. The molecule has 0 aliphatic heterocycles. The summed E-state index contributed by atoms with van der Waals surface area (Å²) in [6, 6.07) is 9.04. The van der Waals surface area contributed by atoms with E-state index >= 15 is 0 Å². The fourth-order valence-electron chi connectivity index (χ4n) is 1.64. The number of nitrogens with two attached hydrogens (primary N) is 1. The first-order valence-electron chi connectivity index (χ1n) is 6.42. The van der Waals surface area contributed by atoms with Crippen LogP contribution in [0.15, 0.2) is 30.3 Å². The summed E-state index contributed by atoms with van der Waals surface area (Å²) < 4.78 is 15.7. The highest BCUT2D eigenvalue weighted by Crippen LogP contribution is 2.23. The van der Waals surface area contributed by atoms with Crippen LogP contribution < -0.4 is 25.3 Å². The first kappa shape index (κ1) is 14.9. The van der Waals surface area contributed by atoms with Gasteiger partial charge in [-0.15, -0.1) is 0 Å². The molecule has 21 heavy (non-hydrogen) atoms. The molecule has 2 rings (SSSR count). The molecule has 0 amide bonds. The van der Waals surface area contributed by atoms with E-state index in [4.69, 9.17) is 19.9 Å². The Bertz CT molecular complexity index is 570. The molecule has 3 N–H and O–H groups in total. The number of benzene rings is 1. The zero-order chi connectivity index (χ0) is 15.1. The summed E-state index contributed by atoms with van der Waals surface area (Å²) in [6.07, 6.45) is 0. The summed E-state index contributed by atoms with van der Waals surface area (Å²) in [5.74, 6) is 1.93. The third-order valence-electron chi connectivity index (χ3n) is 2.57. The smallest absolute Gasteiger partial charge is 0.233 e. The van der Waals surface area contributed by atoms with Crippen molar-refractivity contribution in [2.75, 3.05) is 32.7 Å². The number of nitrogens with zero attached hydrogens (tertiary/aromatic N) is 2. The van der Waals surface area contributed by atoms with Gasteiger partial charge in [0.25, 0.3) is 0 Å². The van der Waals surface area contributed by atoms with E-state index in [1.54, 1.807) is 6.07 Å². The Kier molecular flexibility index (Phi) is 5.16. The molecule has 0 aliphatic rings. The third-order valence-corrected chi connectivity index (χ3v) is 2.57. The van der Waals surface area contributed by atoms with Crippen molar-refractivity contribution in [3.63, 3.8) is 0 Å². The second-order valence-electron chi connectivity index (χ2n) is 4.07. The third kappa shape index (κ3) is 4.22. The van der Waals surface area contributed by atoms with E-state index in [-0.39, 0.29) is 0 Å². The number of hydrogen-bond acceptors (Lipinski definition) is 7. The highest BCUT2D eigenvalue weighted by atomic mass is 16.5. The summed E-state index contributed by atoms with van der Waals surface area (Å²) in [6.45, 7) is 0.931. The molecule has 2 aromatic rings. The van der Waals surface area contributed by atoms with Crippen molar-refractivity contribution in [1.29, 1.82) is 0 Å². The van der Waals surface area contributed by atoms with E-state index in [1.165, 1.54) is 14.2 Å². The predicted octanol–water partition coefficient (Wildman–Crippen LogP) is 1.57. The molecule has 1 aromatic carbocycles. The van der Waals surface area contributed by atoms with Gasteiger partial charge in [-0.3, -0.25) is 0 Å². The molecule has 0 atom stereocenters. The van der Waals surface area contributed by atoms with Gasteiger partial charge in [0.1, 0.15) is 12.4 Å². The lowest BCUT2D eigenvalue weighted by Gasteiger charge is -2.10. The van der Waals surface area contributed by atoms with Crippen LogP contribution in [0.5, 0.6) is 17.5 Å². The van der Waals surface area contributed by atoms with Crippen LogP contribution in [0.1, 0.15) is 0 Å². The number of aromatic nitrogens is 2. The van der Waals surface area contributed by atoms with E-state index in [0.29, 0.717) is 30.9 Å². The van der Waals surface area contributed by atoms with Gasteiger partial charge in [-0.05, 0) is 12.1 Å². The summed E-state index contributed by atoms with van der Waals surface area (Å²) in [5, 5.41) is 3.08. The van der Waals surface area contributed by atoms with Gasteiger partial charge in [0.15, 0.2) is 0 Å². The molecular formula is C14H18N4O3. The maximum atomic E-state index is 5.47. The molecule has 0 unspecified atom stereocenters. The largest absolute Gasteiger partial charge is 0.492 e. The van der Waals surface area contributed by atoms with Crippen LogP contribution in [0.3, 0.4) is 0 Å². The van der Waals surface area contributed by atoms with Crippen molar-refractivity contribution in [2.45, 2.75) is 0 Å². The second kappa shape index (κ2) is 7.30. The zero-order valence-corrected chi connectivity index (χ0v) is 12.0. The van der Waals surface area contributed by atoms with Crippen LogP contribution in [0.2, 0.25) is 0 Å². The summed E-state index contributed by atoms with van der Waals surface area (Å²) in [5.41, 5.74) is 6.20. The molecule has 0 fully saturated rings. The lowest BCUT2D eigenvalue weighted by Crippen LogP contribution is -2.10. The molecule has 1 heterocycles. The van der Waals surface area contributed by atoms with Crippen molar-refractivity contribution in [3.8, 4) is 17.5 Å². The van der Waals surface area contributed by atoms with Gasteiger partial charge in [-0.25, -0.2) is 0 Å². The minimum Gasteiger partial charge on any atom is -0.492 e. The summed E-state index contributed by atoms with van der Waals surface area (Å²) in [4.78, 5) is 8.40. The topological polar surface area (TPSA) is 91.5 Å². The first-order valence-corrected chi connectivity index (χ1v) is 6.42. The highest BCUT2D eigenvalue weighted by molar-refractivity contribution is 5.56. The number of hydrogen-bond donors (Lipinski definition) is 2. The SMILES string of the molecule is COc1cc(OC)nc(Nc2cccc(OCCN)c2)n1. The van der Waals surface area contributed by atoms with Crippen molar-refractivity contribution in [1.82, 2.24) is 9.97 Å². The fourth-order valence-corrected chi connectivity index (χ4v) is 1.64. The highest BCUT2D eigenvalue weighted by Gasteiger charge is 2.06. The molecule has 112 valence electrons. The zero-order valence-electron chi connectivity index (χ0n) is 12.0. The van der Waals surface area contributed by atoms with Crippen LogP contribution in [0.4, 0.5) is 11.6 Å². The molecular weight excluding hydrogens is 272 g/mol. The number of nitrogens with one attached hydrogen (secondary N) is 1. The minimum atomic E-state index is 0.377. The molecule has 7 nitrogen and oxygen atoms in total. The summed E-state index contributed by atoms with van der Waals surface area (Å²) in [7, 11) is 3.07. The van der Waals surface area contributed by atoms with Crippen molar-refractivity contribution >= 4 is 11.6 Å². The number of ether oxygens (including phenoxy) is 3. The first-order chi connectivity index (χ1) is 10.2. The van der Waals surface area contributed by atoms with Gasteiger partial charge in [0.05, 0.1) is 20.3 Å². The van der Waals surface area contributed by atoms with Gasteiger partial charge in [-0.1, -0.05) is 6.07 Å². The van der Waals surface area contributed by atoms with Crippen molar-refractivity contribution in [3.05, 3.63) is 30.3 Å². The minimum absolute atomic E-state index is 0.377. The van der Waals surface area contributed by atoms with E-state index in [2.05, 4.69) is 15.3 Å². The molecule has 0 bridgehead atoms. The van der Waals surface area contributed by atoms with E-state index in [1.807, 2.05) is 24.3 Å². The average Bonchev–Trinajstić information content (AvgIpc) is 2.52. The number of anilines is 2. The van der Waals surface area contributed by atoms with E-state index in [9.17, 15) is 0 Å². The van der Waals surface area contributed by atoms with Crippen LogP contribution in [-0.2, 0) is 0 Å². The lowest BCUT2D eigenvalue weighted by molar-refractivity contribution is 0.328. The Hall–Kier alpha value is -2.54. The monoisotopic (exact) mass is 290 g/mol. The molecule has 0 radical (unpaired) electrons. The summed E-state index contributed by atoms with van der Waals surface area (Å²) >= 11 is 0. The average molecular weight is 290 g/mol. The maximum Gasteiger partial charge on any atom is 0.233 e. The number of methoxy groups -OCH3 is 2. The van der Waals surface area contributed by atoms with E-state index < -0.39 is 0 Å². The fraction of sp³-hybridized carbons (Fsp3) is 0.286. The standard InChI is InChI=1S/C14H18N4O3/c1-19-12-9-13(20-2)18-14(17-12)16-10-4-3-5-11(8-10)21-7-6-15/h3-5,8-9H,6-7,15H2,1-2H3,(H,16,17,18). The van der Waals surface area contributed by atoms with Gasteiger partial charge in [0, 0.05) is 18.3 Å². The normalized spacial score (nSPS) is 10.0. The Morgan fingerprint density at radius 2 is 1.81 bits per heavy atom. The van der Waals surface area contributed by atoms with Crippen LogP contribution in [0, 0.1) is 0 Å². The molecule has 0 aliphatic carbocycles. The van der Waals surface area contributed by atoms with Crippen LogP contribution in [0.25, 0.3) is 0 Å². The van der Waals surface area contributed by atoms with Gasteiger partial charge >= 0.3 is 0 Å². The molecule has 0 spiro atoms. The molecule has 0 saturated carbocycles. The van der Waals surface area contributed by atoms with Crippen molar-refractivity contribution < 1.29 is 14.2 Å².